The van der Waals surface area contributed by atoms with Gasteiger partial charge in [0.05, 0.1) is 0 Å². The average Bonchev–Trinajstić information content (AvgIpc) is 2.92. The van der Waals surface area contributed by atoms with Crippen LogP contribution in [0.25, 0.3) is 10.4 Å². The zero-order chi connectivity index (χ0) is 30.7. The molecule has 0 aromatic rings. The molecule has 1 saturated heterocycles. The van der Waals surface area contributed by atoms with E-state index in [2.05, 4.69) is 10.0 Å². The van der Waals surface area contributed by atoms with Crippen LogP contribution < -0.4 is 0 Å². The number of azide groups is 1. The van der Waals surface area contributed by atoms with Crippen LogP contribution in [0.2, 0.25) is 0 Å². The molecule has 38 heavy (non-hydrogen) atoms. The number of ketones is 4. The Bertz CT molecular complexity index is 1050. The van der Waals surface area contributed by atoms with E-state index in [0.29, 0.717) is 0 Å². The smallest absolute Gasteiger partial charge is 0.268 e. The van der Waals surface area contributed by atoms with Crippen LogP contribution in [-0.4, -0.2) is 78.8 Å². The third-order valence-electron chi connectivity index (χ3n) is 6.60. The summed E-state index contributed by atoms with van der Waals surface area (Å²) in [6, 6.07) is -2.15. The second kappa shape index (κ2) is 9.76. The molecule has 1 fully saturated rings. The van der Waals surface area contributed by atoms with E-state index in [1.807, 2.05) is 0 Å². The average molecular weight is 542 g/mol. The molecule has 12 heteroatoms. The van der Waals surface area contributed by atoms with Crippen molar-refractivity contribution in [1.82, 2.24) is 0 Å². The molecule has 216 valence electrons. The van der Waals surface area contributed by atoms with E-state index in [-0.39, 0.29) is 0 Å². The number of aliphatic hydroxyl groups is 4. The van der Waals surface area contributed by atoms with Crippen LogP contribution in [0, 0.1) is 21.7 Å². The molecule has 1 heterocycles. The number of carbonyl (C=O) groups is 4. The fourth-order valence-corrected chi connectivity index (χ4v) is 4.54. The van der Waals surface area contributed by atoms with E-state index in [4.69, 9.17) is 4.74 Å². The van der Waals surface area contributed by atoms with Crippen molar-refractivity contribution in [3.05, 3.63) is 10.4 Å². The van der Waals surface area contributed by atoms with Crippen molar-refractivity contribution in [3.8, 4) is 0 Å². The molecule has 0 aliphatic carbocycles. The lowest BCUT2D eigenvalue weighted by atomic mass is 9.59. The first-order chi connectivity index (χ1) is 16.6. The van der Waals surface area contributed by atoms with Crippen LogP contribution in [0.3, 0.4) is 0 Å². The van der Waals surface area contributed by atoms with Crippen molar-refractivity contribution in [1.29, 1.82) is 0 Å². The summed E-state index contributed by atoms with van der Waals surface area (Å²) in [6.07, 6.45) is -4.63. The van der Waals surface area contributed by atoms with Gasteiger partial charge in [-0.05, 0) is 5.53 Å². The minimum atomic E-state index is -3.65. The van der Waals surface area contributed by atoms with Crippen LogP contribution >= 0.6 is 0 Å². The third-order valence-corrected chi connectivity index (χ3v) is 6.60. The molecule has 1 aliphatic heterocycles. The molecule has 0 amide bonds. The zero-order valence-corrected chi connectivity index (χ0v) is 24.4. The van der Waals surface area contributed by atoms with Gasteiger partial charge in [-0.3, -0.25) is 19.2 Å². The van der Waals surface area contributed by atoms with Gasteiger partial charge in [0.1, 0.15) is 18.2 Å². The van der Waals surface area contributed by atoms with Gasteiger partial charge >= 0.3 is 0 Å². The Hall–Kier alpha value is -2.21. The van der Waals surface area contributed by atoms with Crippen LogP contribution in [0.15, 0.2) is 5.11 Å². The molecular formula is C26H43N3O9. The summed E-state index contributed by atoms with van der Waals surface area (Å²) in [4.78, 5) is 57.1. The van der Waals surface area contributed by atoms with E-state index < -0.39 is 80.0 Å². The second-order valence-electron chi connectivity index (χ2n) is 14.2. The van der Waals surface area contributed by atoms with Gasteiger partial charge in [0.2, 0.25) is 11.4 Å². The molecule has 1 rings (SSSR count). The number of hydrogen-bond acceptors (Lipinski definition) is 10. The minimum Gasteiger partial charge on any atom is -0.385 e. The van der Waals surface area contributed by atoms with Crippen molar-refractivity contribution in [2.24, 2.45) is 26.8 Å². The van der Waals surface area contributed by atoms with Crippen molar-refractivity contribution in [2.45, 2.75) is 118 Å². The first-order valence-electron chi connectivity index (χ1n) is 12.3. The van der Waals surface area contributed by atoms with Gasteiger partial charge in [0.15, 0.2) is 23.0 Å². The standard InChI is InChI=1S/C26H43N3O9/c1-20(2,3)15(31)14(30)13(28-29-27)16-24(35,17(32)21(4,5)6)25(36,18(33)22(7,8)9)26(37,38-16)19(34)23(10,11)12/h13-14,16,30,35-37H,1-12H3/t13-,14?,16-,24+,25+,26+/m0/s1. The second-order valence-corrected chi connectivity index (χ2v) is 14.2. The molecule has 0 aromatic heterocycles. The summed E-state index contributed by atoms with van der Waals surface area (Å²) in [7, 11) is 0. The predicted molar refractivity (Wildman–Crippen MR) is 137 cm³/mol. The van der Waals surface area contributed by atoms with E-state index in [1.165, 1.54) is 83.1 Å². The molecular weight excluding hydrogens is 498 g/mol. The highest BCUT2D eigenvalue weighted by atomic mass is 16.7. The zero-order valence-electron chi connectivity index (χ0n) is 24.4. The topological polar surface area (TPSA) is 207 Å². The fourth-order valence-electron chi connectivity index (χ4n) is 4.54. The number of nitrogens with zero attached hydrogens (tertiary/aromatic N) is 3. The summed E-state index contributed by atoms with van der Waals surface area (Å²) in [5, 5.41) is 50.6. The minimum absolute atomic E-state index is 0.896. The van der Waals surface area contributed by atoms with Crippen molar-refractivity contribution < 1.29 is 44.3 Å². The summed E-state index contributed by atoms with van der Waals surface area (Å²) in [5.74, 6) is -8.31. The molecule has 0 radical (unpaired) electrons. The lowest BCUT2D eigenvalue weighted by Gasteiger charge is -2.46. The highest BCUT2D eigenvalue weighted by Gasteiger charge is 2.84. The summed E-state index contributed by atoms with van der Waals surface area (Å²) >= 11 is 0. The van der Waals surface area contributed by atoms with Crippen molar-refractivity contribution in [2.75, 3.05) is 0 Å². The fraction of sp³-hybridized carbons (Fsp3) is 0.846. The van der Waals surface area contributed by atoms with E-state index in [1.54, 1.807) is 0 Å². The Morgan fingerprint density at radius 2 is 1.16 bits per heavy atom. The maximum Gasteiger partial charge on any atom is 0.268 e. The molecule has 0 saturated carbocycles. The predicted octanol–water partition coefficient (Wildman–Crippen LogP) is 2.04. The maximum atomic E-state index is 13.9. The number of aliphatic hydroxyl groups excluding tert-OH is 1. The molecule has 6 atom stereocenters. The number of Topliss-reactive ketones (excluding diaryl/α,β-unsaturated/α-hetero) is 4. The SMILES string of the molecule is CC(C)(C)C(=O)C(O)[C@H](N=[N+]=[N-])[C@@H]1O[C@](O)(C(=O)C(C)(C)C)[C@@](O)(C(=O)C(C)(C)C)[C@]1(O)C(=O)C(C)(C)C. The quantitative estimate of drug-likeness (QED) is 0.211. The number of carbonyl (C=O) groups excluding carboxylic acids is 4. The monoisotopic (exact) mass is 541 g/mol. The lowest BCUT2D eigenvalue weighted by molar-refractivity contribution is -0.259. The summed E-state index contributed by atoms with van der Waals surface area (Å²) < 4.78 is 5.59. The summed E-state index contributed by atoms with van der Waals surface area (Å²) in [6.45, 7) is 16.4. The first-order valence-corrected chi connectivity index (χ1v) is 12.3. The Morgan fingerprint density at radius 3 is 1.47 bits per heavy atom. The van der Waals surface area contributed by atoms with Gasteiger partial charge in [0, 0.05) is 26.6 Å². The first kappa shape index (κ1) is 33.8. The van der Waals surface area contributed by atoms with Gasteiger partial charge in [-0.25, -0.2) is 0 Å². The number of ether oxygens (including phenoxy) is 1. The normalized spacial score (nSPS) is 30.3. The Morgan fingerprint density at radius 1 is 0.763 bits per heavy atom. The molecule has 1 aliphatic rings. The Labute approximate surface area is 223 Å². The third kappa shape index (κ3) is 5.17. The van der Waals surface area contributed by atoms with Gasteiger partial charge in [0.25, 0.3) is 5.79 Å². The van der Waals surface area contributed by atoms with Gasteiger partial charge in [-0.15, -0.1) is 0 Å². The van der Waals surface area contributed by atoms with Gasteiger partial charge < -0.3 is 25.2 Å². The molecule has 1 unspecified atom stereocenters. The highest BCUT2D eigenvalue weighted by Crippen LogP contribution is 2.55. The van der Waals surface area contributed by atoms with Crippen LogP contribution in [0.5, 0.6) is 0 Å². The van der Waals surface area contributed by atoms with E-state index >= 15 is 0 Å². The number of rotatable bonds is 7. The van der Waals surface area contributed by atoms with Crippen LogP contribution in [-0.2, 0) is 23.9 Å². The van der Waals surface area contributed by atoms with Gasteiger partial charge in [-0.1, -0.05) is 88.2 Å². The molecule has 4 N–H and O–H groups in total. The molecule has 0 aromatic carbocycles. The van der Waals surface area contributed by atoms with Gasteiger partial charge in [-0.2, -0.15) is 0 Å². The maximum absolute atomic E-state index is 13.9. The van der Waals surface area contributed by atoms with E-state index in [9.17, 15) is 45.1 Å². The van der Waals surface area contributed by atoms with Crippen molar-refractivity contribution in [3.63, 3.8) is 0 Å². The van der Waals surface area contributed by atoms with Crippen molar-refractivity contribution >= 4 is 23.1 Å². The highest BCUT2D eigenvalue weighted by molar-refractivity contribution is 6.10. The Balaban J connectivity index is 4.35. The lowest BCUT2D eigenvalue weighted by Crippen LogP contribution is -2.77. The van der Waals surface area contributed by atoms with E-state index in [0.717, 1.165) is 0 Å². The molecule has 0 bridgehead atoms. The summed E-state index contributed by atoms with van der Waals surface area (Å²) in [5.41, 5.74) is -3.66. The van der Waals surface area contributed by atoms with Crippen LogP contribution in [0.1, 0.15) is 83.1 Å². The Kier molecular flexibility index (Phi) is 8.69. The van der Waals surface area contributed by atoms with Crippen LogP contribution in [0.4, 0.5) is 0 Å². The largest absolute Gasteiger partial charge is 0.385 e. The number of hydrogen-bond donors (Lipinski definition) is 4. The molecule has 12 nitrogen and oxygen atoms in total. The molecule has 0 spiro atoms.